The van der Waals surface area contributed by atoms with Crippen molar-refractivity contribution in [3.05, 3.63) is 53.6 Å². The fraction of sp³-hybridized carbons (Fsp3) is 0.294. The second-order valence-electron chi connectivity index (χ2n) is 5.00. The summed E-state index contributed by atoms with van der Waals surface area (Å²) in [4.78, 5) is 0. The maximum Gasteiger partial charge on any atom is 0.124 e. The van der Waals surface area contributed by atoms with Gasteiger partial charge in [-0.1, -0.05) is 18.2 Å². The Labute approximate surface area is 125 Å². The lowest BCUT2D eigenvalue weighted by Gasteiger charge is -2.28. The van der Waals surface area contributed by atoms with E-state index in [2.05, 4.69) is 0 Å². The van der Waals surface area contributed by atoms with Gasteiger partial charge >= 0.3 is 0 Å². The van der Waals surface area contributed by atoms with Crippen molar-refractivity contribution in [2.75, 3.05) is 21.3 Å². The molecule has 0 aliphatic heterocycles. The summed E-state index contributed by atoms with van der Waals surface area (Å²) < 4.78 is 16.1. The van der Waals surface area contributed by atoms with Crippen LogP contribution in [0.2, 0.25) is 0 Å². The second kappa shape index (κ2) is 6.06. The Morgan fingerprint density at radius 2 is 1.43 bits per heavy atom. The van der Waals surface area contributed by atoms with Crippen LogP contribution in [0.25, 0.3) is 0 Å². The second-order valence-corrected chi connectivity index (χ2v) is 5.00. The third-order valence-corrected chi connectivity index (χ3v) is 3.62. The van der Waals surface area contributed by atoms with Gasteiger partial charge in [-0.25, -0.2) is 0 Å². The van der Waals surface area contributed by atoms with Crippen molar-refractivity contribution >= 4 is 0 Å². The SMILES string of the molecule is COc1cc(OC)cc(C(C)(N)c2ccccc2OC)c1. The minimum Gasteiger partial charge on any atom is -0.497 e. The topological polar surface area (TPSA) is 53.7 Å². The van der Waals surface area contributed by atoms with E-state index in [9.17, 15) is 0 Å². The van der Waals surface area contributed by atoms with Gasteiger partial charge in [-0.15, -0.1) is 0 Å². The lowest BCUT2D eigenvalue weighted by atomic mass is 9.85. The Morgan fingerprint density at radius 3 is 1.95 bits per heavy atom. The Kier molecular flexibility index (Phi) is 4.38. The predicted molar refractivity (Wildman–Crippen MR) is 83.2 cm³/mol. The van der Waals surface area contributed by atoms with Crippen molar-refractivity contribution in [2.45, 2.75) is 12.5 Å². The number of ether oxygens (including phenoxy) is 3. The van der Waals surface area contributed by atoms with Crippen LogP contribution in [0, 0.1) is 0 Å². The molecule has 4 heteroatoms. The zero-order valence-corrected chi connectivity index (χ0v) is 12.8. The fourth-order valence-electron chi connectivity index (χ4n) is 2.34. The summed E-state index contributed by atoms with van der Waals surface area (Å²) in [7, 11) is 4.88. The van der Waals surface area contributed by atoms with E-state index in [1.807, 2.05) is 49.4 Å². The van der Waals surface area contributed by atoms with Crippen LogP contribution in [-0.2, 0) is 5.54 Å². The molecule has 0 bridgehead atoms. The van der Waals surface area contributed by atoms with Gasteiger partial charge < -0.3 is 19.9 Å². The van der Waals surface area contributed by atoms with Crippen molar-refractivity contribution < 1.29 is 14.2 Å². The van der Waals surface area contributed by atoms with Crippen molar-refractivity contribution in [1.82, 2.24) is 0 Å². The Hall–Kier alpha value is -2.20. The molecule has 0 spiro atoms. The average molecular weight is 287 g/mol. The summed E-state index contributed by atoms with van der Waals surface area (Å²) in [5, 5.41) is 0. The Morgan fingerprint density at radius 1 is 0.857 bits per heavy atom. The summed E-state index contributed by atoms with van der Waals surface area (Å²) in [5.41, 5.74) is 7.66. The van der Waals surface area contributed by atoms with Gasteiger partial charge in [0.05, 0.1) is 26.9 Å². The molecule has 0 saturated carbocycles. The van der Waals surface area contributed by atoms with Gasteiger partial charge in [0.1, 0.15) is 17.2 Å². The van der Waals surface area contributed by atoms with Crippen LogP contribution in [-0.4, -0.2) is 21.3 Å². The summed E-state index contributed by atoms with van der Waals surface area (Å²) >= 11 is 0. The smallest absolute Gasteiger partial charge is 0.124 e. The first-order chi connectivity index (χ1) is 10.0. The van der Waals surface area contributed by atoms with Crippen LogP contribution < -0.4 is 19.9 Å². The third-order valence-electron chi connectivity index (χ3n) is 3.62. The van der Waals surface area contributed by atoms with E-state index in [1.54, 1.807) is 21.3 Å². The first-order valence-corrected chi connectivity index (χ1v) is 6.69. The van der Waals surface area contributed by atoms with Gasteiger partial charge in [0.2, 0.25) is 0 Å². The number of para-hydroxylation sites is 1. The van der Waals surface area contributed by atoms with E-state index < -0.39 is 5.54 Å². The molecule has 0 aromatic heterocycles. The van der Waals surface area contributed by atoms with Crippen molar-refractivity contribution in [3.63, 3.8) is 0 Å². The standard InChI is InChI=1S/C17H21NO3/c1-17(18,15-7-5-6-8-16(15)21-4)12-9-13(19-2)11-14(10-12)20-3/h5-11H,18H2,1-4H3. The van der Waals surface area contributed by atoms with Gasteiger partial charge in [-0.05, 0) is 30.7 Å². The van der Waals surface area contributed by atoms with Gasteiger partial charge in [0.25, 0.3) is 0 Å². The molecule has 1 atom stereocenters. The normalized spacial score (nSPS) is 13.4. The number of hydrogen-bond acceptors (Lipinski definition) is 4. The number of methoxy groups -OCH3 is 3. The monoisotopic (exact) mass is 287 g/mol. The van der Waals surface area contributed by atoms with E-state index in [4.69, 9.17) is 19.9 Å². The quantitative estimate of drug-likeness (QED) is 0.918. The molecular formula is C17H21NO3. The highest BCUT2D eigenvalue weighted by molar-refractivity contribution is 5.49. The zero-order chi connectivity index (χ0) is 15.5. The van der Waals surface area contributed by atoms with Crippen molar-refractivity contribution in [2.24, 2.45) is 5.73 Å². The number of rotatable bonds is 5. The molecule has 112 valence electrons. The van der Waals surface area contributed by atoms with Crippen LogP contribution in [0.5, 0.6) is 17.2 Å². The highest BCUT2D eigenvalue weighted by Crippen LogP contribution is 2.36. The molecule has 2 aromatic carbocycles. The van der Waals surface area contributed by atoms with Crippen LogP contribution in [0.15, 0.2) is 42.5 Å². The molecule has 0 heterocycles. The van der Waals surface area contributed by atoms with Gasteiger partial charge in [0, 0.05) is 11.6 Å². The van der Waals surface area contributed by atoms with E-state index in [0.29, 0.717) is 11.5 Å². The molecule has 2 rings (SSSR count). The Bertz CT molecular complexity index is 601. The summed E-state index contributed by atoms with van der Waals surface area (Å²) in [5.74, 6) is 2.16. The molecule has 0 fully saturated rings. The van der Waals surface area contributed by atoms with E-state index >= 15 is 0 Å². The molecule has 21 heavy (non-hydrogen) atoms. The molecule has 2 N–H and O–H groups in total. The number of hydrogen-bond donors (Lipinski definition) is 1. The average Bonchev–Trinajstić information content (AvgIpc) is 2.54. The molecule has 0 aliphatic rings. The molecule has 0 amide bonds. The molecule has 0 aliphatic carbocycles. The van der Waals surface area contributed by atoms with E-state index in [0.717, 1.165) is 16.9 Å². The molecule has 0 radical (unpaired) electrons. The minimum atomic E-state index is -0.728. The maximum absolute atomic E-state index is 6.59. The summed E-state index contributed by atoms with van der Waals surface area (Å²) in [6, 6.07) is 13.4. The predicted octanol–water partition coefficient (Wildman–Crippen LogP) is 2.93. The molecular weight excluding hydrogens is 266 g/mol. The van der Waals surface area contributed by atoms with Crippen LogP contribution >= 0.6 is 0 Å². The van der Waals surface area contributed by atoms with Gasteiger partial charge in [0.15, 0.2) is 0 Å². The summed E-state index contributed by atoms with van der Waals surface area (Å²) in [6.07, 6.45) is 0. The number of nitrogens with two attached hydrogens (primary N) is 1. The lowest BCUT2D eigenvalue weighted by molar-refractivity contribution is 0.387. The molecule has 1 unspecified atom stereocenters. The molecule has 0 saturated heterocycles. The lowest BCUT2D eigenvalue weighted by Crippen LogP contribution is -2.34. The largest absolute Gasteiger partial charge is 0.497 e. The Balaban J connectivity index is 2.57. The third kappa shape index (κ3) is 2.95. The number of benzene rings is 2. The minimum absolute atomic E-state index is 0.705. The van der Waals surface area contributed by atoms with Crippen molar-refractivity contribution in [3.8, 4) is 17.2 Å². The van der Waals surface area contributed by atoms with Crippen LogP contribution in [0.4, 0.5) is 0 Å². The van der Waals surface area contributed by atoms with Gasteiger partial charge in [-0.2, -0.15) is 0 Å². The van der Waals surface area contributed by atoms with Crippen molar-refractivity contribution in [1.29, 1.82) is 0 Å². The fourth-order valence-corrected chi connectivity index (χ4v) is 2.34. The maximum atomic E-state index is 6.59. The van der Waals surface area contributed by atoms with E-state index in [-0.39, 0.29) is 0 Å². The molecule has 4 nitrogen and oxygen atoms in total. The van der Waals surface area contributed by atoms with E-state index in [1.165, 1.54) is 0 Å². The van der Waals surface area contributed by atoms with Crippen LogP contribution in [0.3, 0.4) is 0 Å². The first kappa shape index (κ1) is 15.2. The zero-order valence-electron chi connectivity index (χ0n) is 12.8. The summed E-state index contributed by atoms with van der Waals surface area (Å²) in [6.45, 7) is 1.94. The van der Waals surface area contributed by atoms with Crippen LogP contribution in [0.1, 0.15) is 18.1 Å². The molecule has 2 aromatic rings. The highest BCUT2D eigenvalue weighted by atomic mass is 16.5. The first-order valence-electron chi connectivity index (χ1n) is 6.69. The van der Waals surface area contributed by atoms with Gasteiger partial charge in [-0.3, -0.25) is 0 Å². The highest BCUT2D eigenvalue weighted by Gasteiger charge is 2.28.